The average molecular weight is 342 g/mol. The van der Waals surface area contributed by atoms with E-state index >= 15 is 0 Å². The van der Waals surface area contributed by atoms with E-state index in [9.17, 15) is 4.79 Å². The Morgan fingerprint density at radius 1 is 1.32 bits per heavy atom. The highest BCUT2D eigenvalue weighted by atomic mass is 35.5. The summed E-state index contributed by atoms with van der Waals surface area (Å²) >= 11 is 6.05. The van der Waals surface area contributed by atoms with Crippen molar-refractivity contribution in [1.29, 1.82) is 0 Å². The summed E-state index contributed by atoms with van der Waals surface area (Å²) in [6, 6.07) is 9.49. The Morgan fingerprint density at radius 2 is 2.05 bits per heavy atom. The summed E-state index contributed by atoms with van der Waals surface area (Å²) in [5.41, 5.74) is 8.98. The van der Waals surface area contributed by atoms with Crippen molar-refractivity contribution >= 4 is 29.9 Å². The molecule has 0 saturated carbocycles. The minimum atomic E-state index is -0.0650. The van der Waals surface area contributed by atoms with Crippen molar-refractivity contribution in [2.75, 3.05) is 13.1 Å². The minimum absolute atomic E-state index is 0. The van der Waals surface area contributed by atoms with Gasteiger partial charge in [0.1, 0.15) is 0 Å². The summed E-state index contributed by atoms with van der Waals surface area (Å²) in [5, 5.41) is 3.56. The molecule has 1 aromatic carbocycles. The molecule has 0 radical (unpaired) electrons. The number of nitrogens with one attached hydrogen (secondary N) is 1. The van der Waals surface area contributed by atoms with Crippen molar-refractivity contribution in [3.05, 3.63) is 52.3 Å². The van der Waals surface area contributed by atoms with E-state index in [1.165, 1.54) is 0 Å². The number of carbonyl (C=O) groups is 1. The Bertz CT molecular complexity index is 653. The lowest BCUT2D eigenvalue weighted by Crippen LogP contribution is -2.26. The zero-order valence-electron chi connectivity index (χ0n) is 12.7. The van der Waals surface area contributed by atoms with E-state index in [1.807, 2.05) is 48.7 Å². The molecule has 0 atom stereocenters. The molecule has 120 valence electrons. The van der Waals surface area contributed by atoms with Crippen LogP contribution >= 0.6 is 24.0 Å². The van der Waals surface area contributed by atoms with Crippen LogP contribution in [-0.4, -0.2) is 23.6 Å². The number of carbonyl (C=O) groups excluding carboxylic acids is 1. The summed E-state index contributed by atoms with van der Waals surface area (Å²) in [5.74, 6) is -0.0650. The van der Waals surface area contributed by atoms with Gasteiger partial charge in [-0.3, -0.25) is 4.79 Å². The van der Waals surface area contributed by atoms with Gasteiger partial charge in [-0.05, 0) is 51.1 Å². The Labute approximate surface area is 142 Å². The van der Waals surface area contributed by atoms with Crippen molar-refractivity contribution in [3.8, 4) is 5.69 Å². The SMILES string of the molecule is Cc1cc(C(=O)NCCCN)c(C)n1-c1cccc(Cl)c1.Cl. The largest absolute Gasteiger partial charge is 0.352 e. The van der Waals surface area contributed by atoms with Crippen molar-refractivity contribution in [3.63, 3.8) is 0 Å². The highest BCUT2D eigenvalue weighted by molar-refractivity contribution is 6.30. The summed E-state index contributed by atoms with van der Waals surface area (Å²) in [4.78, 5) is 12.2. The highest BCUT2D eigenvalue weighted by Gasteiger charge is 2.16. The molecule has 1 heterocycles. The highest BCUT2D eigenvalue weighted by Crippen LogP contribution is 2.22. The van der Waals surface area contributed by atoms with Crippen LogP contribution in [0.1, 0.15) is 28.2 Å². The zero-order chi connectivity index (χ0) is 15.4. The molecule has 6 heteroatoms. The Morgan fingerprint density at radius 3 is 2.68 bits per heavy atom. The van der Waals surface area contributed by atoms with E-state index in [-0.39, 0.29) is 18.3 Å². The number of hydrogen-bond donors (Lipinski definition) is 2. The molecule has 2 rings (SSSR count). The lowest BCUT2D eigenvalue weighted by atomic mass is 10.2. The van der Waals surface area contributed by atoms with Crippen molar-refractivity contribution in [2.45, 2.75) is 20.3 Å². The predicted octanol–water partition coefficient (Wildman–Crippen LogP) is 3.25. The summed E-state index contributed by atoms with van der Waals surface area (Å²) < 4.78 is 2.03. The zero-order valence-corrected chi connectivity index (χ0v) is 14.3. The van der Waals surface area contributed by atoms with Gasteiger partial charge in [-0.2, -0.15) is 0 Å². The molecular weight excluding hydrogens is 321 g/mol. The van der Waals surface area contributed by atoms with Crippen LogP contribution in [0.15, 0.2) is 30.3 Å². The number of rotatable bonds is 5. The first kappa shape index (κ1) is 18.6. The molecule has 0 fully saturated rings. The number of aryl methyl sites for hydroxylation is 1. The Kier molecular flexibility index (Phi) is 6.94. The molecular formula is C16H21Cl2N3O. The van der Waals surface area contributed by atoms with Gasteiger partial charge in [-0.1, -0.05) is 17.7 Å². The number of benzene rings is 1. The molecule has 0 saturated heterocycles. The number of aromatic nitrogens is 1. The summed E-state index contributed by atoms with van der Waals surface area (Å²) in [7, 11) is 0. The standard InChI is InChI=1S/C16H20ClN3O.ClH/c1-11-9-15(16(21)19-8-4-7-18)12(2)20(11)14-6-3-5-13(17)10-14;/h3,5-6,9-10H,4,7-8,18H2,1-2H3,(H,19,21);1H. The average Bonchev–Trinajstić information content (AvgIpc) is 2.74. The van der Waals surface area contributed by atoms with Gasteiger partial charge in [0.15, 0.2) is 0 Å². The second kappa shape index (κ2) is 8.22. The van der Waals surface area contributed by atoms with Gasteiger partial charge < -0.3 is 15.6 Å². The van der Waals surface area contributed by atoms with Gasteiger partial charge in [0, 0.05) is 28.6 Å². The van der Waals surface area contributed by atoms with Crippen LogP contribution in [-0.2, 0) is 0 Å². The first-order valence-electron chi connectivity index (χ1n) is 6.97. The molecule has 4 nitrogen and oxygen atoms in total. The summed E-state index contributed by atoms with van der Waals surface area (Å²) in [6.07, 6.45) is 0.777. The topological polar surface area (TPSA) is 60.1 Å². The second-order valence-electron chi connectivity index (χ2n) is 5.00. The van der Waals surface area contributed by atoms with Crippen LogP contribution in [0.2, 0.25) is 5.02 Å². The van der Waals surface area contributed by atoms with Crippen molar-refractivity contribution < 1.29 is 4.79 Å². The maximum absolute atomic E-state index is 12.2. The molecule has 0 aliphatic carbocycles. The third-order valence-electron chi connectivity index (χ3n) is 3.41. The molecule has 0 bridgehead atoms. The fourth-order valence-corrected chi connectivity index (χ4v) is 2.59. The molecule has 22 heavy (non-hydrogen) atoms. The van der Waals surface area contributed by atoms with E-state index in [0.717, 1.165) is 23.5 Å². The van der Waals surface area contributed by atoms with Gasteiger partial charge in [-0.25, -0.2) is 0 Å². The third-order valence-corrected chi connectivity index (χ3v) is 3.64. The molecule has 0 unspecified atom stereocenters. The number of nitrogens with zero attached hydrogens (tertiary/aromatic N) is 1. The smallest absolute Gasteiger partial charge is 0.253 e. The van der Waals surface area contributed by atoms with Crippen LogP contribution in [0.25, 0.3) is 5.69 Å². The molecule has 3 N–H and O–H groups in total. The molecule has 1 aromatic heterocycles. The Balaban J connectivity index is 0.00000242. The Hall–Kier alpha value is -1.49. The fraction of sp³-hybridized carbons (Fsp3) is 0.312. The van der Waals surface area contributed by atoms with E-state index in [1.54, 1.807) is 0 Å². The van der Waals surface area contributed by atoms with E-state index in [2.05, 4.69) is 5.32 Å². The maximum atomic E-state index is 12.2. The quantitative estimate of drug-likeness (QED) is 0.820. The van der Waals surface area contributed by atoms with Crippen molar-refractivity contribution in [2.24, 2.45) is 5.73 Å². The lowest BCUT2D eigenvalue weighted by Gasteiger charge is -2.10. The van der Waals surface area contributed by atoms with Gasteiger partial charge in [0.2, 0.25) is 0 Å². The van der Waals surface area contributed by atoms with E-state index in [4.69, 9.17) is 17.3 Å². The molecule has 2 aromatic rings. The van der Waals surface area contributed by atoms with Gasteiger partial charge in [0.05, 0.1) is 5.56 Å². The maximum Gasteiger partial charge on any atom is 0.253 e. The van der Waals surface area contributed by atoms with E-state index in [0.29, 0.717) is 23.7 Å². The molecule has 0 aliphatic rings. The van der Waals surface area contributed by atoms with Crippen molar-refractivity contribution in [1.82, 2.24) is 9.88 Å². The van der Waals surface area contributed by atoms with Gasteiger partial charge in [-0.15, -0.1) is 12.4 Å². The number of nitrogens with two attached hydrogens (primary N) is 1. The molecule has 0 spiro atoms. The van der Waals surface area contributed by atoms with Crippen LogP contribution in [0, 0.1) is 13.8 Å². The fourth-order valence-electron chi connectivity index (χ4n) is 2.40. The monoisotopic (exact) mass is 341 g/mol. The second-order valence-corrected chi connectivity index (χ2v) is 5.43. The first-order chi connectivity index (χ1) is 10.0. The first-order valence-corrected chi connectivity index (χ1v) is 7.35. The number of halogens is 2. The number of hydrogen-bond acceptors (Lipinski definition) is 2. The predicted molar refractivity (Wildman–Crippen MR) is 93.5 cm³/mol. The van der Waals surface area contributed by atoms with Crippen LogP contribution in [0.5, 0.6) is 0 Å². The third kappa shape index (κ3) is 4.03. The minimum Gasteiger partial charge on any atom is -0.352 e. The lowest BCUT2D eigenvalue weighted by molar-refractivity contribution is 0.0953. The van der Waals surface area contributed by atoms with Gasteiger partial charge >= 0.3 is 0 Å². The normalized spacial score (nSPS) is 10.2. The molecule has 1 amide bonds. The van der Waals surface area contributed by atoms with Crippen LogP contribution in [0.3, 0.4) is 0 Å². The van der Waals surface area contributed by atoms with Crippen LogP contribution in [0.4, 0.5) is 0 Å². The molecule has 0 aliphatic heterocycles. The van der Waals surface area contributed by atoms with E-state index < -0.39 is 0 Å². The summed E-state index contributed by atoms with van der Waals surface area (Å²) in [6.45, 7) is 5.08. The number of amides is 1. The van der Waals surface area contributed by atoms with Crippen LogP contribution < -0.4 is 11.1 Å². The van der Waals surface area contributed by atoms with Gasteiger partial charge in [0.25, 0.3) is 5.91 Å².